The molecule has 0 amide bonds. The first-order valence-corrected chi connectivity index (χ1v) is 5.36. The fourth-order valence-corrected chi connectivity index (χ4v) is 2.14. The Morgan fingerprint density at radius 2 is 1.92 bits per heavy atom. The van der Waals surface area contributed by atoms with Crippen LogP contribution in [0.5, 0.6) is 0 Å². The fraction of sp³-hybridized carbons (Fsp3) is 1.00. The Morgan fingerprint density at radius 1 is 1.31 bits per heavy atom. The zero-order chi connectivity index (χ0) is 10.1. The molecule has 2 unspecified atom stereocenters. The summed E-state index contributed by atoms with van der Waals surface area (Å²) in [7, 11) is 0. The maximum atomic E-state index is 10.4. The summed E-state index contributed by atoms with van der Waals surface area (Å²) in [5.74, 6) is 0.747. The van der Waals surface area contributed by atoms with Gasteiger partial charge in [-0.25, -0.2) is 0 Å². The number of nitrogens with two attached hydrogens (primary N) is 1. The molecular formula is C11H23NO. The van der Waals surface area contributed by atoms with Gasteiger partial charge in [-0.15, -0.1) is 0 Å². The summed E-state index contributed by atoms with van der Waals surface area (Å²) in [5.41, 5.74) is 4.91. The van der Waals surface area contributed by atoms with E-state index in [4.69, 9.17) is 5.73 Å². The molecule has 0 saturated heterocycles. The van der Waals surface area contributed by atoms with Gasteiger partial charge in [0.05, 0.1) is 5.60 Å². The third-order valence-electron chi connectivity index (χ3n) is 3.54. The Balaban J connectivity index is 2.68. The highest BCUT2D eigenvalue weighted by Gasteiger charge is 2.41. The van der Waals surface area contributed by atoms with E-state index in [1.165, 1.54) is 6.42 Å². The van der Waals surface area contributed by atoms with Crippen molar-refractivity contribution in [2.24, 2.45) is 11.7 Å². The predicted octanol–water partition coefficient (Wildman–Crippen LogP) is 2.05. The number of hydrogen-bond acceptors (Lipinski definition) is 2. The van der Waals surface area contributed by atoms with Crippen LogP contribution in [0, 0.1) is 5.92 Å². The first-order valence-electron chi connectivity index (χ1n) is 5.36. The highest BCUT2D eigenvalue weighted by Crippen LogP contribution is 2.36. The Hall–Kier alpha value is -0.0800. The molecule has 1 aliphatic rings. The van der Waals surface area contributed by atoms with Crippen LogP contribution < -0.4 is 5.73 Å². The van der Waals surface area contributed by atoms with Crippen LogP contribution in [0.15, 0.2) is 0 Å². The van der Waals surface area contributed by atoms with Crippen LogP contribution >= 0.6 is 0 Å². The fourth-order valence-electron chi connectivity index (χ4n) is 2.14. The summed E-state index contributed by atoms with van der Waals surface area (Å²) < 4.78 is 0. The normalized spacial score (nSPS) is 37.2. The average molecular weight is 185 g/mol. The Bertz CT molecular complexity index is 173. The molecule has 1 fully saturated rings. The van der Waals surface area contributed by atoms with E-state index in [2.05, 4.69) is 6.92 Å². The molecule has 2 nitrogen and oxygen atoms in total. The van der Waals surface area contributed by atoms with Crippen molar-refractivity contribution in [2.45, 2.75) is 64.0 Å². The van der Waals surface area contributed by atoms with Crippen molar-refractivity contribution >= 4 is 0 Å². The summed E-state index contributed by atoms with van der Waals surface area (Å²) in [6, 6.07) is 0. The highest BCUT2D eigenvalue weighted by molar-refractivity contribution is 4.98. The molecule has 2 atom stereocenters. The zero-order valence-corrected chi connectivity index (χ0v) is 9.14. The third kappa shape index (κ3) is 2.44. The molecule has 0 bridgehead atoms. The van der Waals surface area contributed by atoms with Crippen LogP contribution in [0.25, 0.3) is 0 Å². The molecule has 1 saturated carbocycles. The largest absolute Gasteiger partial charge is 0.388 e. The molecule has 0 aromatic carbocycles. The molecule has 78 valence electrons. The molecule has 1 aliphatic carbocycles. The second kappa shape index (κ2) is 3.58. The van der Waals surface area contributed by atoms with Crippen molar-refractivity contribution in [3.63, 3.8) is 0 Å². The molecule has 0 aromatic rings. The molecule has 3 N–H and O–H groups in total. The van der Waals surface area contributed by atoms with Crippen LogP contribution in [-0.2, 0) is 0 Å². The van der Waals surface area contributed by atoms with Gasteiger partial charge >= 0.3 is 0 Å². The Labute approximate surface area is 81.5 Å². The predicted molar refractivity (Wildman–Crippen MR) is 55.5 cm³/mol. The van der Waals surface area contributed by atoms with Crippen molar-refractivity contribution in [3.8, 4) is 0 Å². The molecule has 0 spiro atoms. The van der Waals surface area contributed by atoms with Crippen molar-refractivity contribution in [2.75, 3.05) is 0 Å². The van der Waals surface area contributed by atoms with Crippen LogP contribution in [0.3, 0.4) is 0 Å². The minimum absolute atomic E-state index is 0.461. The lowest BCUT2D eigenvalue weighted by Gasteiger charge is -2.39. The lowest BCUT2D eigenvalue weighted by atomic mass is 9.78. The quantitative estimate of drug-likeness (QED) is 0.614. The number of aliphatic hydroxyl groups is 1. The lowest BCUT2D eigenvalue weighted by Crippen LogP contribution is -2.56. The lowest BCUT2D eigenvalue weighted by molar-refractivity contribution is -0.0350. The second-order valence-corrected chi connectivity index (χ2v) is 5.29. The molecule has 0 aliphatic heterocycles. The summed E-state index contributed by atoms with van der Waals surface area (Å²) in [6.45, 7) is 6.13. The minimum Gasteiger partial charge on any atom is -0.388 e. The Kier molecular flexibility index (Phi) is 3.03. The van der Waals surface area contributed by atoms with E-state index in [9.17, 15) is 5.11 Å². The second-order valence-electron chi connectivity index (χ2n) is 5.29. The van der Waals surface area contributed by atoms with Crippen LogP contribution in [0.2, 0.25) is 0 Å². The summed E-state index contributed by atoms with van der Waals surface area (Å²) in [4.78, 5) is 0. The summed E-state index contributed by atoms with van der Waals surface area (Å²) in [5, 5.41) is 10.4. The van der Waals surface area contributed by atoms with Gasteiger partial charge in [-0.1, -0.05) is 19.8 Å². The van der Waals surface area contributed by atoms with E-state index in [1.54, 1.807) is 0 Å². The van der Waals surface area contributed by atoms with Crippen molar-refractivity contribution < 1.29 is 5.11 Å². The minimum atomic E-state index is -0.641. The van der Waals surface area contributed by atoms with E-state index >= 15 is 0 Å². The zero-order valence-electron chi connectivity index (χ0n) is 9.14. The van der Waals surface area contributed by atoms with Crippen molar-refractivity contribution in [1.82, 2.24) is 0 Å². The molecule has 0 heterocycles. The van der Waals surface area contributed by atoms with Gasteiger partial charge in [0.15, 0.2) is 0 Å². The molecule has 13 heavy (non-hydrogen) atoms. The third-order valence-corrected chi connectivity index (χ3v) is 3.54. The maximum Gasteiger partial charge on any atom is 0.0821 e. The summed E-state index contributed by atoms with van der Waals surface area (Å²) in [6.07, 6.45) is 5.17. The van der Waals surface area contributed by atoms with Gasteiger partial charge in [0.25, 0.3) is 0 Å². The average Bonchev–Trinajstić information content (AvgIpc) is 2.13. The monoisotopic (exact) mass is 185 g/mol. The first-order chi connectivity index (χ1) is 5.85. The molecule has 1 rings (SSSR count). The van der Waals surface area contributed by atoms with E-state index in [-0.39, 0.29) is 0 Å². The maximum absolute atomic E-state index is 10.4. The SMILES string of the molecule is CC1CCCC(O)(C(C)(C)N)CC1. The smallest absolute Gasteiger partial charge is 0.0821 e. The Morgan fingerprint density at radius 3 is 2.46 bits per heavy atom. The van der Waals surface area contributed by atoms with Gasteiger partial charge in [-0.05, 0) is 39.0 Å². The molecule has 2 heteroatoms. The van der Waals surface area contributed by atoms with Gasteiger partial charge < -0.3 is 10.8 Å². The van der Waals surface area contributed by atoms with Crippen LogP contribution in [0.1, 0.15) is 52.9 Å². The van der Waals surface area contributed by atoms with Crippen LogP contribution in [0.4, 0.5) is 0 Å². The van der Waals surface area contributed by atoms with Crippen molar-refractivity contribution in [3.05, 3.63) is 0 Å². The van der Waals surface area contributed by atoms with Gasteiger partial charge in [-0.3, -0.25) is 0 Å². The summed E-state index contributed by atoms with van der Waals surface area (Å²) >= 11 is 0. The van der Waals surface area contributed by atoms with Gasteiger partial charge in [0.1, 0.15) is 0 Å². The highest BCUT2D eigenvalue weighted by atomic mass is 16.3. The first kappa shape index (κ1) is 11.0. The van der Waals surface area contributed by atoms with Crippen LogP contribution in [-0.4, -0.2) is 16.2 Å². The van der Waals surface area contributed by atoms with Gasteiger partial charge in [0, 0.05) is 5.54 Å². The molecule has 0 radical (unpaired) electrons. The topological polar surface area (TPSA) is 46.2 Å². The van der Waals surface area contributed by atoms with Gasteiger partial charge in [0.2, 0.25) is 0 Å². The van der Waals surface area contributed by atoms with E-state index < -0.39 is 11.1 Å². The van der Waals surface area contributed by atoms with E-state index in [0.717, 1.165) is 31.6 Å². The molecular weight excluding hydrogens is 162 g/mol. The number of hydrogen-bond donors (Lipinski definition) is 2. The number of rotatable bonds is 1. The standard InChI is InChI=1S/C11H23NO/c1-9-5-4-7-11(13,8-6-9)10(2,3)12/h9,13H,4-8,12H2,1-3H3. The molecule has 0 aromatic heterocycles. The van der Waals surface area contributed by atoms with Gasteiger partial charge in [-0.2, -0.15) is 0 Å². The van der Waals surface area contributed by atoms with Crippen molar-refractivity contribution in [1.29, 1.82) is 0 Å². The van der Waals surface area contributed by atoms with E-state index in [1.807, 2.05) is 13.8 Å². The van der Waals surface area contributed by atoms with E-state index in [0.29, 0.717) is 0 Å².